The minimum atomic E-state index is -1.17. The lowest BCUT2D eigenvalue weighted by atomic mass is 10.1. The molecule has 8 nitrogen and oxygen atoms in total. The maximum Gasteiger partial charge on any atom is 0.269 e. The molecule has 0 radical (unpaired) electrons. The molecule has 4 rings (SSSR count). The summed E-state index contributed by atoms with van der Waals surface area (Å²) >= 11 is 5.90. The third kappa shape index (κ3) is 3.95. The van der Waals surface area contributed by atoms with Crippen LogP contribution in [0.25, 0.3) is 5.95 Å². The maximum absolute atomic E-state index is 13.0. The Morgan fingerprint density at radius 3 is 2.73 bits per heavy atom. The van der Waals surface area contributed by atoms with Gasteiger partial charge < -0.3 is 10.1 Å². The van der Waals surface area contributed by atoms with Crippen LogP contribution < -0.4 is 15.6 Å². The van der Waals surface area contributed by atoms with Crippen LogP contribution in [0.2, 0.25) is 5.02 Å². The third-order valence-corrected chi connectivity index (χ3v) is 5.19. The number of amides is 1. The van der Waals surface area contributed by atoms with E-state index in [0.717, 1.165) is 30.5 Å². The summed E-state index contributed by atoms with van der Waals surface area (Å²) < 4.78 is 7.29. The van der Waals surface area contributed by atoms with Crippen LogP contribution in [0.1, 0.15) is 37.2 Å². The average molecular weight is 428 g/mol. The number of carbonyl (C=O) groups is 1. The van der Waals surface area contributed by atoms with Crippen LogP contribution in [0, 0.1) is 6.92 Å². The molecule has 1 aromatic carbocycles. The van der Waals surface area contributed by atoms with Crippen molar-refractivity contribution in [2.45, 2.75) is 45.6 Å². The topological polar surface area (TPSA) is 102 Å². The van der Waals surface area contributed by atoms with E-state index < -0.39 is 5.60 Å². The van der Waals surface area contributed by atoms with Crippen LogP contribution in [0.15, 0.2) is 35.1 Å². The number of nitrogens with one attached hydrogen (secondary N) is 2. The Labute approximate surface area is 178 Å². The first-order chi connectivity index (χ1) is 14.2. The van der Waals surface area contributed by atoms with Gasteiger partial charge in [-0.2, -0.15) is 9.78 Å². The van der Waals surface area contributed by atoms with Crippen molar-refractivity contribution in [1.29, 1.82) is 0 Å². The number of fused-ring (bicyclic) bond motifs is 1. The summed E-state index contributed by atoms with van der Waals surface area (Å²) in [6.45, 7) is 5.13. The fourth-order valence-corrected chi connectivity index (χ4v) is 3.52. The zero-order valence-corrected chi connectivity index (χ0v) is 17.7. The summed E-state index contributed by atoms with van der Waals surface area (Å²) in [5, 5.41) is 7.81. The highest BCUT2D eigenvalue weighted by atomic mass is 35.5. The van der Waals surface area contributed by atoms with Crippen molar-refractivity contribution in [1.82, 2.24) is 19.7 Å². The van der Waals surface area contributed by atoms with Crippen LogP contribution in [-0.2, 0) is 17.6 Å². The monoisotopic (exact) mass is 427 g/mol. The largest absolute Gasteiger partial charge is 0.478 e. The Morgan fingerprint density at radius 2 is 2.00 bits per heavy atom. The van der Waals surface area contributed by atoms with E-state index in [1.165, 1.54) is 4.68 Å². The lowest BCUT2D eigenvalue weighted by Crippen LogP contribution is -2.43. The van der Waals surface area contributed by atoms with Gasteiger partial charge >= 0.3 is 0 Å². The van der Waals surface area contributed by atoms with E-state index in [-0.39, 0.29) is 17.4 Å². The number of hydrogen-bond donors (Lipinski definition) is 2. The standard InChI is InChI=1S/C21H22ClN5O3/c1-12-11-17(24-19(29)21(2,3)30-14-9-7-13(22)8-10-14)27(26-12)20-23-16-6-4-5-15(16)18(28)25-20/h7-11H,4-6H2,1-3H3,(H,24,29)(H,23,25,28). The number of halogens is 1. The van der Waals surface area contributed by atoms with E-state index in [4.69, 9.17) is 16.3 Å². The molecule has 0 bridgehead atoms. The van der Waals surface area contributed by atoms with Gasteiger partial charge in [0.1, 0.15) is 11.6 Å². The molecule has 156 valence electrons. The second kappa shape index (κ2) is 7.60. The first kappa shape index (κ1) is 20.2. The van der Waals surface area contributed by atoms with Crippen molar-refractivity contribution in [3.63, 3.8) is 0 Å². The van der Waals surface area contributed by atoms with E-state index in [9.17, 15) is 9.59 Å². The van der Waals surface area contributed by atoms with Gasteiger partial charge in [-0.05, 0) is 64.3 Å². The Balaban J connectivity index is 1.60. The van der Waals surface area contributed by atoms with Gasteiger partial charge in [-0.1, -0.05) is 11.6 Å². The molecule has 1 amide bonds. The smallest absolute Gasteiger partial charge is 0.269 e. The van der Waals surface area contributed by atoms with Crippen molar-refractivity contribution < 1.29 is 9.53 Å². The molecule has 2 heterocycles. The number of H-pyrrole nitrogens is 1. The lowest BCUT2D eigenvalue weighted by Gasteiger charge is -2.25. The number of anilines is 1. The molecule has 2 N–H and O–H groups in total. The summed E-state index contributed by atoms with van der Waals surface area (Å²) in [5.74, 6) is 0.822. The van der Waals surface area contributed by atoms with Gasteiger partial charge in [0.2, 0.25) is 5.95 Å². The van der Waals surface area contributed by atoms with Gasteiger partial charge in [0.05, 0.1) is 11.4 Å². The number of benzene rings is 1. The van der Waals surface area contributed by atoms with Gasteiger partial charge in [0.25, 0.3) is 11.5 Å². The Bertz CT molecular complexity index is 1160. The molecular weight excluding hydrogens is 406 g/mol. The van der Waals surface area contributed by atoms with E-state index in [1.54, 1.807) is 51.1 Å². The number of hydrogen-bond acceptors (Lipinski definition) is 5. The van der Waals surface area contributed by atoms with Crippen LogP contribution in [0.3, 0.4) is 0 Å². The predicted molar refractivity (Wildman–Crippen MR) is 114 cm³/mol. The number of rotatable bonds is 5. The Kier molecular flexibility index (Phi) is 5.11. The average Bonchev–Trinajstić information content (AvgIpc) is 3.30. The summed E-state index contributed by atoms with van der Waals surface area (Å²) in [4.78, 5) is 32.7. The molecule has 0 unspecified atom stereocenters. The Morgan fingerprint density at radius 1 is 1.27 bits per heavy atom. The number of carbonyl (C=O) groups excluding carboxylic acids is 1. The summed E-state index contributed by atoms with van der Waals surface area (Å²) in [7, 11) is 0. The maximum atomic E-state index is 13.0. The number of aromatic amines is 1. The third-order valence-electron chi connectivity index (χ3n) is 4.94. The van der Waals surface area contributed by atoms with E-state index >= 15 is 0 Å². The van der Waals surface area contributed by atoms with Gasteiger partial charge in [0.15, 0.2) is 5.60 Å². The molecule has 0 aliphatic heterocycles. The lowest BCUT2D eigenvalue weighted by molar-refractivity contribution is -0.128. The van der Waals surface area contributed by atoms with Crippen molar-refractivity contribution in [2.24, 2.45) is 0 Å². The highest BCUT2D eigenvalue weighted by molar-refractivity contribution is 6.30. The minimum absolute atomic E-state index is 0.163. The zero-order chi connectivity index (χ0) is 21.5. The van der Waals surface area contributed by atoms with Crippen molar-refractivity contribution >= 4 is 23.3 Å². The summed E-state index contributed by atoms with van der Waals surface area (Å²) in [6.07, 6.45) is 2.40. The Hall–Kier alpha value is -3.13. The van der Waals surface area contributed by atoms with Gasteiger partial charge in [-0.3, -0.25) is 14.6 Å². The fraction of sp³-hybridized carbons (Fsp3) is 0.333. The predicted octanol–water partition coefficient (Wildman–Crippen LogP) is 3.20. The molecule has 2 aromatic heterocycles. The number of aromatic nitrogens is 4. The second-order valence-corrected chi connectivity index (χ2v) is 8.21. The normalized spacial score (nSPS) is 13.2. The molecule has 0 saturated carbocycles. The van der Waals surface area contributed by atoms with Crippen LogP contribution in [-0.4, -0.2) is 31.3 Å². The first-order valence-corrected chi connectivity index (χ1v) is 10.1. The van der Waals surface area contributed by atoms with Gasteiger partial charge in [-0.25, -0.2) is 4.98 Å². The van der Waals surface area contributed by atoms with Crippen LogP contribution >= 0.6 is 11.6 Å². The fourth-order valence-electron chi connectivity index (χ4n) is 3.39. The van der Waals surface area contributed by atoms with Crippen LogP contribution in [0.4, 0.5) is 5.82 Å². The highest BCUT2D eigenvalue weighted by Gasteiger charge is 2.31. The van der Waals surface area contributed by atoms with E-state index in [2.05, 4.69) is 20.4 Å². The molecule has 3 aromatic rings. The van der Waals surface area contributed by atoms with Crippen molar-refractivity contribution in [2.75, 3.05) is 5.32 Å². The summed E-state index contributed by atoms with van der Waals surface area (Å²) in [6, 6.07) is 8.50. The molecule has 0 atom stereocenters. The summed E-state index contributed by atoms with van der Waals surface area (Å²) in [5.41, 5.74) is 0.848. The highest BCUT2D eigenvalue weighted by Crippen LogP contribution is 2.23. The van der Waals surface area contributed by atoms with Gasteiger partial charge in [0, 0.05) is 16.7 Å². The molecule has 30 heavy (non-hydrogen) atoms. The van der Waals surface area contributed by atoms with Crippen molar-refractivity contribution in [3.05, 3.63) is 62.7 Å². The van der Waals surface area contributed by atoms with Gasteiger partial charge in [-0.15, -0.1) is 0 Å². The second-order valence-electron chi connectivity index (χ2n) is 7.77. The molecule has 0 spiro atoms. The zero-order valence-electron chi connectivity index (χ0n) is 17.0. The first-order valence-electron chi connectivity index (χ1n) is 9.68. The number of nitrogens with zero attached hydrogens (tertiary/aromatic N) is 3. The molecule has 0 fully saturated rings. The minimum Gasteiger partial charge on any atom is -0.478 e. The SMILES string of the molecule is Cc1cc(NC(=O)C(C)(C)Oc2ccc(Cl)cc2)n(-c2nc3c(c(=O)[nH]2)CCC3)n1. The van der Waals surface area contributed by atoms with Crippen molar-refractivity contribution in [3.8, 4) is 11.7 Å². The van der Waals surface area contributed by atoms with E-state index in [1.807, 2.05) is 0 Å². The molecular formula is C21H22ClN5O3. The van der Waals surface area contributed by atoms with E-state index in [0.29, 0.717) is 22.3 Å². The molecule has 9 heteroatoms. The number of ether oxygens (including phenoxy) is 1. The van der Waals surface area contributed by atoms with Crippen LogP contribution in [0.5, 0.6) is 5.75 Å². The number of aryl methyl sites for hydroxylation is 2. The molecule has 1 aliphatic rings. The molecule has 1 aliphatic carbocycles. The quantitative estimate of drug-likeness (QED) is 0.651. The molecule has 0 saturated heterocycles.